The topological polar surface area (TPSA) is 66.4 Å². The highest BCUT2D eigenvalue weighted by molar-refractivity contribution is 14.1. The highest BCUT2D eigenvalue weighted by Crippen LogP contribution is 2.34. The van der Waals surface area contributed by atoms with Gasteiger partial charge in [-0.25, -0.2) is 4.79 Å². The predicted molar refractivity (Wildman–Crippen MR) is 64.7 cm³/mol. The zero-order valence-corrected chi connectivity index (χ0v) is 11.0. The fourth-order valence-electron chi connectivity index (χ4n) is 1.51. The van der Waals surface area contributed by atoms with E-state index in [4.69, 9.17) is 5.11 Å². The van der Waals surface area contributed by atoms with Crippen molar-refractivity contribution in [3.05, 3.63) is 31.3 Å². The van der Waals surface area contributed by atoms with E-state index >= 15 is 0 Å². The van der Waals surface area contributed by atoms with E-state index in [-0.39, 0.29) is 5.91 Å². The quantitative estimate of drug-likeness (QED) is 0.730. The molecule has 1 heterocycles. The second-order valence-corrected chi connectivity index (χ2v) is 5.00. The molecule has 1 amide bonds. The molecule has 0 radical (unpaired) electrons. The van der Waals surface area contributed by atoms with Crippen LogP contribution in [-0.4, -0.2) is 17.0 Å². The highest BCUT2D eigenvalue weighted by Gasteiger charge is 2.35. The van der Waals surface area contributed by atoms with Crippen molar-refractivity contribution >= 4 is 50.4 Å². The fraction of sp³-hybridized carbons (Fsp3) is 0.111. The first kappa shape index (κ1) is 10.9. The van der Waals surface area contributed by atoms with Gasteiger partial charge in [-0.2, -0.15) is 0 Å². The average Bonchev–Trinajstić information content (AvgIpc) is 2.50. The zero-order chi connectivity index (χ0) is 11.2. The van der Waals surface area contributed by atoms with Gasteiger partial charge >= 0.3 is 5.97 Å². The van der Waals surface area contributed by atoms with Crippen LogP contribution in [0.2, 0.25) is 0 Å². The van der Waals surface area contributed by atoms with Crippen molar-refractivity contribution in [1.82, 2.24) is 5.32 Å². The molecule has 0 saturated heterocycles. The van der Waals surface area contributed by atoms with E-state index in [2.05, 4.69) is 21.2 Å². The Hall–Kier alpha value is -0.630. The van der Waals surface area contributed by atoms with Crippen LogP contribution in [0, 0.1) is 3.57 Å². The number of aliphatic carboxylic acids is 1. The van der Waals surface area contributed by atoms with E-state index in [1.54, 1.807) is 12.1 Å². The van der Waals surface area contributed by atoms with Crippen molar-refractivity contribution < 1.29 is 14.7 Å². The number of nitrogens with one attached hydrogen (secondary N) is 1. The van der Waals surface area contributed by atoms with Gasteiger partial charge in [-0.3, -0.25) is 4.79 Å². The second-order valence-electron chi connectivity index (χ2n) is 3.07. The first-order valence-electron chi connectivity index (χ1n) is 4.04. The molecule has 0 spiro atoms. The lowest BCUT2D eigenvalue weighted by Crippen LogP contribution is -2.25. The van der Waals surface area contributed by atoms with Crippen molar-refractivity contribution in [1.29, 1.82) is 0 Å². The predicted octanol–water partition coefficient (Wildman–Crippen LogP) is 1.92. The average molecular weight is 382 g/mol. The number of rotatable bonds is 1. The van der Waals surface area contributed by atoms with E-state index in [1.807, 2.05) is 22.6 Å². The number of carboxylic acid groups (broad SMARTS) is 1. The molecule has 6 heteroatoms. The van der Waals surface area contributed by atoms with Gasteiger partial charge in [-0.1, -0.05) is 0 Å². The number of carbonyl (C=O) groups excluding carboxylic acids is 1. The summed E-state index contributed by atoms with van der Waals surface area (Å²) in [6.07, 6.45) is 0. The number of carbonyl (C=O) groups is 2. The Bertz CT molecular complexity index is 475. The number of hydrogen-bond donors (Lipinski definition) is 2. The summed E-state index contributed by atoms with van der Waals surface area (Å²) < 4.78 is 1.56. The van der Waals surface area contributed by atoms with Gasteiger partial charge in [-0.15, -0.1) is 0 Å². The lowest BCUT2D eigenvalue weighted by Gasteiger charge is -2.08. The largest absolute Gasteiger partial charge is 0.479 e. The van der Waals surface area contributed by atoms with Gasteiger partial charge in [0.05, 0.1) is 0 Å². The molecule has 0 aliphatic carbocycles. The number of amides is 1. The molecular formula is C9H5BrINO3. The summed E-state index contributed by atoms with van der Waals surface area (Å²) >= 11 is 5.33. The van der Waals surface area contributed by atoms with Gasteiger partial charge in [0.25, 0.3) is 5.91 Å². The molecule has 0 saturated carbocycles. The van der Waals surface area contributed by atoms with Crippen LogP contribution < -0.4 is 5.32 Å². The maximum atomic E-state index is 11.5. The molecule has 1 aromatic carbocycles. The SMILES string of the molecule is O=C1NC(C(=O)O)c2c1ccc(Br)c2I. The lowest BCUT2D eigenvalue weighted by molar-refractivity contribution is -0.139. The van der Waals surface area contributed by atoms with Crippen molar-refractivity contribution in [3.8, 4) is 0 Å². The van der Waals surface area contributed by atoms with Crippen LogP contribution in [0.3, 0.4) is 0 Å². The summed E-state index contributed by atoms with van der Waals surface area (Å²) in [6.45, 7) is 0. The molecule has 1 atom stereocenters. The van der Waals surface area contributed by atoms with Gasteiger partial charge < -0.3 is 10.4 Å². The Morgan fingerprint density at radius 2 is 2.20 bits per heavy atom. The van der Waals surface area contributed by atoms with Gasteiger partial charge in [0.15, 0.2) is 6.04 Å². The second kappa shape index (κ2) is 3.75. The summed E-state index contributed by atoms with van der Waals surface area (Å²) in [6, 6.07) is 2.43. The lowest BCUT2D eigenvalue weighted by atomic mass is 10.1. The molecule has 2 rings (SSSR count). The summed E-state index contributed by atoms with van der Waals surface area (Å²) in [5.74, 6) is -1.37. The Labute approximate surface area is 107 Å². The van der Waals surface area contributed by atoms with E-state index in [0.29, 0.717) is 11.1 Å². The van der Waals surface area contributed by atoms with Crippen molar-refractivity contribution in [2.45, 2.75) is 6.04 Å². The number of fused-ring (bicyclic) bond motifs is 1. The fourth-order valence-corrected chi connectivity index (χ4v) is 2.64. The summed E-state index contributed by atoms with van der Waals surface area (Å²) in [5, 5.41) is 11.4. The van der Waals surface area contributed by atoms with Crippen LogP contribution >= 0.6 is 38.5 Å². The van der Waals surface area contributed by atoms with E-state index < -0.39 is 12.0 Å². The molecule has 1 aromatic rings. The van der Waals surface area contributed by atoms with Crippen LogP contribution in [0.15, 0.2) is 16.6 Å². The van der Waals surface area contributed by atoms with Gasteiger partial charge in [0, 0.05) is 19.2 Å². The highest BCUT2D eigenvalue weighted by atomic mass is 127. The third kappa shape index (κ3) is 1.65. The third-order valence-corrected chi connectivity index (χ3v) is 4.75. The Balaban J connectivity index is 2.67. The molecule has 0 aromatic heterocycles. The molecular weight excluding hydrogens is 377 g/mol. The number of carboxylic acids is 1. The molecule has 1 aliphatic rings. The van der Waals surface area contributed by atoms with Crippen LogP contribution in [0.4, 0.5) is 0 Å². The minimum Gasteiger partial charge on any atom is -0.479 e. The van der Waals surface area contributed by atoms with Crippen LogP contribution in [0.1, 0.15) is 22.0 Å². The normalized spacial score (nSPS) is 18.5. The van der Waals surface area contributed by atoms with Crippen LogP contribution in [-0.2, 0) is 4.79 Å². The van der Waals surface area contributed by atoms with E-state index in [0.717, 1.165) is 8.04 Å². The van der Waals surface area contributed by atoms with Gasteiger partial charge in [0.1, 0.15) is 0 Å². The molecule has 78 valence electrons. The first-order valence-corrected chi connectivity index (χ1v) is 5.91. The zero-order valence-electron chi connectivity index (χ0n) is 7.25. The van der Waals surface area contributed by atoms with Crippen LogP contribution in [0.25, 0.3) is 0 Å². The van der Waals surface area contributed by atoms with Gasteiger partial charge in [-0.05, 0) is 50.7 Å². The van der Waals surface area contributed by atoms with Crippen molar-refractivity contribution in [3.63, 3.8) is 0 Å². The number of halogens is 2. The standard InChI is InChI=1S/C9H5BrINO3/c10-4-2-1-3-5(6(4)11)7(9(14)15)12-8(3)13/h1-2,7H,(H,12,13)(H,14,15). The number of hydrogen-bond acceptors (Lipinski definition) is 2. The minimum atomic E-state index is -1.04. The smallest absolute Gasteiger partial charge is 0.330 e. The molecule has 1 aliphatic heterocycles. The van der Waals surface area contributed by atoms with E-state index in [9.17, 15) is 9.59 Å². The molecule has 2 N–H and O–H groups in total. The molecule has 0 fully saturated rings. The maximum Gasteiger partial charge on any atom is 0.330 e. The summed E-state index contributed by atoms with van der Waals surface area (Å²) in [7, 11) is 0. The molecule has 1 unspecified atom stereocenters. The molecule has 15 heavy (non-hydrogen) atoms. The monoisotopic (exact) mass is 381 g/mol. The van der Waals surface area contributed by atoms with Crippen molar-refractivity contribution in [2.24, 2.45) is 0 Å². The summed E-state index contributed by atoms with van der Waals surface area (Å²) in [5.41, 5.74) is 0.984. The van der Waals surface area contributed by atoms with Gasteiger partial charge in [0.2, 0.25) is 0 Å². The third-order valence-electron chi connectivity index (χ3n) is 2.19. The first-order chi connectivity index (χ1) is 7.02. The Morgan fingerprint density at radius 3 is 2.80 bits per heavy atom. The molecule has 0 bridgehead atoms. The number of benzene rings is 1. The van der Waals surface area contributed by atoms with E-state index in [1.165, 1.54) is 0 Å². The maximum absolute atomic E-state index is 11.5. The molecule has 4 nitrogen and oxygen atoms in total. The Morgan fingerprint density at radius 1 is 1.53 bits per heavy atom. The summed E-state index contributed by atoms with van der Waals surface area (Å²) in [4.78, 5) is 22.4. The van der Waals surface area contributed by atoms with Crippen LogP contribution in [0.5, 0.6) is 0 Å². The van der Waals surface area contributed by atoms with Crippen molar-refractivity contribution in [2.75, 3.05) is 0 Å². The minimum absolute atomic E-state index is 0.331. The Kier molecular flexibility index (Phi) is 2.72.